The fourth-order valence-corrected chi connectivity index (χ4v) is 2.61. The van der Waals surface area contributed by atoms with Gasteiger partial charge in [0.05, 0.1) is 28.9 Å². The Balaban J connectivity index is 0.000000334. The summed E-state index contributed by atoms with van der Waals surface area (Å²) in [5, 5.41) is 17.1. The van der Waals surface area contributed by atoms with Gasteiger partial charge in [0.2, 0.25) is 0 Å². The molecule has 40 heavy (non-hydrogen) atoms. The van der Waals surface area contributed by atoms with Gasteiger partial charge in [0, 0.05) is 11.1 Å². The van der Waals surface area contributed by atoms with Crippen molar-refractivity contribution >= 4 is 35.8 Å². The van der Waals surface area contributed by atoms with E-state index in [1.807, 2.05) is 0 Å². The molecule has 2 aromatic carbocycles. The SMILES string of the molecule is C=C(C)C(=O)OCCO.C=C(C)C(=O)OCCOC(=O)c1ccccc1C(=O)O.O=C1OC(=O)c2ccccc21. The van der Waals surface area contributed by atoms with Crippen molar-refractivity contribution < 1.29 is 57.9 Å². The fourth-order valence-electron chi connectivity index (χ4n) is 2.61. The van der Waals surface area contributed by atoms with Crippen LogP contribution in [0.25, 0.3) is 0 Å². The Morgan fingerprint density at radius 3 is 1.60 bits per heavy atom. The van der Waals surface area contributed by atoms with Gasteiger partial charge in [0.25, 0.3) is 0 Å². The second-order valence-corrected chi connectivity index (χ2v) is 7.77. The number of carboxylic acid groups (broad SMARTS) is 1. The van der Waals surface area contributed by atoms with Crippen molar-refractivity contribution in [3.63, 3.8) is 0 Å². The van der Waals surface area contributed by atoms with Crippen molar-refractivity contribution in [1.29, 1.82) is 0 Å². The van der Waals surface area contributed by atoms with Crippen molar-refractivity contribution in [2.24, 2.45) is 0 Å². The molecule has 3 rings (SSSR count). The van der Waals surface area contributed by atoms with Gasteiger partial charge in [0.15, 0.2) is 0 Å². The van der Waals surface area contributed by atoms with E-state index in [1.54, 1.807) is 31.2 Å². The van der Waals surface area contributed by atoms with Crippen LogP contribution in [0.15, 0.2) is 72.8 Å². The third-order valence-electron chi connectivity index (χ3n) is 4.50. The number of carbonyl (C=O) groups is 6. The van der Waals surface area contributed by atoms with Crippen LogP contribution >= 0.6 is 0 Å². The zero-order chi connectivity index (χ0) is 30.2. The van der Waals surface area contributed by atoms with Crippen LogP contribution in [0.3, 0.4) is 0 Å². The summed E-state index contributed by atoms with van der Waals surface area (Å²) in [7, 11) is 0. The normalized spacial score (nSPS) is 10.8. The van der Waals surface area contributed by atoms with Crippen LogP contribution in [0.2, 0.25) is 0 Å². The average molecular weight is 557 g/mol. The highest BCUT2D eigenvalue weighted by Crippen LogP contribution is 2.18. The topological polar surface area (TPSA) is 180 Å². The van der Waals surface area contributed by atoms with E-state index < -0.39 is 35.8 Å². The molecular formula is C28H28O12. The van der Waals surface area contributed by atoms with Crippen LogP contribution in [-0.4, -0.2) is 72.5 Å². The zero-order valence-corrected chi connectivity index (χ0v) is 21.8. The third kappa shape index (κ3) is 10.7. The quantitative estimate of drug-likeness (QED) is 0.152. The summed E-state index contributed by atoms with van der Waals surface area (Å²) in [5.41, 5.74) is 1.12. The average Bonchev–Trinajstić information content (AvgIpc) is 3.23. The van der Waals surface area contributed by atoms with Crippen molar-refractivity contribution in [1.82, 2.24) is 0 Å². The number of carboxylic acids is 1. The Bertz CT molecular complexity index is 1260. The molecule has 0 fully saturated rings. The Hall–Kier alpha value is -5.10. The second kappa shape index (κ2) is 16.7. The Morgan fingerprint density at radius 2 is 1.15 bits per heavy atom. The number of aromatic carboxylic acids is 1. The zero-order valence-electron chi connectivity index (χ0n) is 21.8. The molecule has 1 aliphatic heterocycles. The molecule has 0 spiro atoms. The molecule has 0 unspecified atom stereocenters. The van der Waals surface area contributed by atoms with Gasteiger partial charge in [-0.15, -0.1) is 0 Å². The van der Waals surface area contributed by atoms with Crippen molar-refractivity contribution in [2.75, 3.05) is 26.4 Å². The molecule has 0 aromatic heterocycles. The smallest absolute Gasteiger partial charge is 0.346 e. The standard InChI is InChI=1S/C14H14O6.C8H4O3.C6H10O3/c1-9(2)13(17)19-7-8-20-14(18)11-6-4-3-5-10(11)12(15)16;9-7-5-3-1-2-4-6(5)8(10)11-7;1-5(2)6(8)9-4-3-7/h3-6H,1,7-8H2,2H3,(H,15,16);1-4H;7H,1,3-4H2,2H3. The molecule has 0 saturated heterocycles. The number of rotatable bonds is 9. The Kier molecular flexibility index (Phi) is 13.7. The molecule has 0 atom stereocenters. The number of aliphatic hydroxyl groups is 1. The van der Waals surface area contributed by atoms with Gasteiger partial charge in [-0.05, 0) is 38.1 Å². The van der Waals surface area contributed by atoms with E-state index >= 15 is 0 Å². The van der Waals surface area contributed by atoms with E-state index in [9.17, 15) is 28.8 Å². The molecule has 0 aliphatic carbocycles. The number of esters is 5. The molecule has 1 heterocycles. The maximum atomic E-state index is 11.7. The predicted octanol–water partition coefficient (Wildman–Crippen LogP) is 2.76. The highest BCUT2D eigenvalue weighted by Gasteiger charge is 2.28. The van der Waals surface area contributed by atoms with E-state index in [-0.39, 0.29) is 43.1 Å². The Morgan fingerprint density at radius 1 is 0.725 bits per heavy atom. The van der Waals surface area contributed by atoms with Gasteiger partial charge in [0.1, 0.15) is 19.8 Å². The summed E-state index contributed by atoms with van der Waals surface area (Å²) in [6.45, 7) is 9.43. The maximum absolute atomic E-state index is 11.7. The van der Waals surface area contributed by atoms with Gasteiger partial charge in [-0.25, -0.2) is 28.8 Å². The van der Waals surface area contributed by atoms with E-state index in [4.69, 9.17) is 19.7 Å². The first-order valence-electron chi connectivity index (χ1n) is 11.5. The van der Waals surface area contributed by atoms with E-state index in [0.717, 1.165) is 0 Å². The lowest BCUT2D eigenvalue weighted by molar-refractivity contribution is -0.140. The molecule has 212 valence electrons. The molecule has 2 aromatic rings. The Labute approximate surface area is 229 Å². The lowest BCUT2D eigenvalue weighted by Gasteiger charge is -2.07. The van der Waals surface area contributed by atoms with Crippen molar-refractivity contribution in [3.05, 3.63) is 95.1 Å². The number of hydrogen-bond acceptors (Lipinski definition) is 11. The highest BCUT2D eigenvalue weighted by atomic mass is 16.6. The molecule has 0 saturated carbocycles. The summed E-state index contributed by atoms with van der Waals surface area (Å²) in [4.78, 5) is 65.8. The summed E-state index contributed by atoms with van der Waals surface area (Å²) < 4.78 is 18.4. The first kappa shape index (κ1) is 32.9. The van der Waals surface area contributed by atoms with Crippen LogP contribution in [-0.2, 0) is 28.5 Å². The van der Waals surface area contributed by atoms with Crippen molar-refractivity contribution in [2.45, 2.75) is 13.8 Å². The van der Waals surface area contributed by atoms with Crippen molar-refractivity contribution in [3.8, 4) is 0 Å². The molecule has 12 nitrogen and oxygen atoms in total. The molecule has 0 bridgehead atoms. The van der Waals surface area contributed by atoms with E-state index in [1.165, 1.54) is 31.2 Å². The molecule has 1 aliphatic rings. The summed E-state index contributed by atoms with van der Waals surface area (Å²) >= 11 is 0. The molecule has 12 heteroatoms. The van der Waals surface area contributed by atoms with Gasteiger partial charge in [-0.1, -0.05) is 37.4 Å². The minimum atomic E-state index is -1.22. The van der Waals surface area contributed by atoms with Crippen LogP contribution in [0.4, 0.5) is 0 Å². The highest BCUT2D eigenvalue weighted by molar-refractivity contribution is 6.14. The number of benzene rings is 2. The van der Waals surface area contributed by atoms with Crippen LogP contribution in [0, 0.1) is 0 Å². The molecule has 0 radical (unpaired) electrons. The third-order valence-corrected chi connectivity index (χ3v) is 4.50. The van der Waals surface area contributed by atoms with Gasteiger partial charge >= 0.3 is 35.8 Å². The minimum absolute atomic E-state index is 0.0473. The van der Waals surface area contributed by atoms with Crippen LogP contribution < -0.4 is 0 Å². The van der Waals surface area contributed by atoms with E-state index in [0.29, 0.717) is 16.7 Å². The number of carbonyl (C=O) groups excluding carboxylic acids is 5. The summed E-state index contributed by atoms with van der Waals surface area (Å²) in [6.07, 6.45) is 0. The van der Waals surface area contributed by atoms with Gasteiger partial charge in [-0.2, -0.15) is 0 Å². The van der Waals surface area contributed by atoms with Gasteiger partial charge in [-0.3, -0.25) is 0 Å². The predicted molar refractivity (Wildman–Crippen MR) is 139 cm³/mol. The molecule has 2 N–H and O–H groups in total. The number of ether oxygens (including phenoxy) is 4. The number of cyclic esters (lactones) is 2. The molecule has 0 amide bonds. The number of aliphatic hydroxyl groups excluding tert-OH is 1. The molecular weight excluding hydrogens is 528 g/mol. The minimum Gasteiger partial charge on any atom is -0.478 e. The summed E-state index contributed by atoms with van der Waals surface area (Å²) in [5.74, 6) is -4.13. The monoisotopic (exact) mass is 556 g/mol. The lowest BCUT2D eigenvalue weighted by Crippen LogP contribution is -2.16. The number of fused-ring (bicyclic) bond motifs is 1. The lowest BCUT2D eigenvalue weighted by atomic mass is 10.1. The number of hydrogen-bond donors (Lipinski definition) is 2. The fraction of sp³-hybridized carbons (Fsp3) is 0.214. The van der Waals surface area contributed by atoms with Crippen LogP contribution in [0.5, 0.6) is 0 Å². The second-order valence-electron chi connectivity index (χ2n) is 7.77. The summed E-state index contributed by atoms with van der Waals surface area (Å²) in [6, 6.07) is 12.2. The first-order valence-corrected chi connectivity index (χ1v) is 11.5. The van der Waals surface area contributed by atoms with Crippen LogP contribution in [0.1, 0.15) is 55.3 Å². The largest absolute Gasteiger partial charge is 0.478 e. The van der Waals surface area contributed by atoms with Gasteiger partial charge < -0.3 is 29.2 Å². The first-order chi connectivity index (χ1) is 18.9. The van der Waals surface area contributed by atoms with E-state index in [2.05, 4.69) is 22.6 Å². The maximum Gasteiger partial charge on any atom is 0.346 e.